The number of methoxy groups -OCH3 is 1. The maximum atomic E-state index is 12.8. The molecule has 0 spiro atoms. The van der Waals surface area contributed by atoms with E-state index in [9.17, 15) is 10.1 Å². The molecule has 2 aliphatic rings. The Morgan fingerprint density at radius 3 is 2.77 bits per heavy atom. The Labute approximate surface area is 128 Å². The van der Waals surface area contributed by atoms with Gasteiger partial charge in [-0.05, 0) is 42.3 Å². The zero-order valence-corrected chi connectivity index (χ0v) is 12.3. The molecule has 0 aromatic heterocycles. The van der Waals surface area contributed by atoms with Gasteiger partial charge in [-0.2, -0.15) is 5.26 Å². The Bertz CT molecular complexity index is 852. The van der Waals surface area contributed by atoms with Gasteiger partial charge in [0, 0.05) is 11.3 Å². The summed E-state index contributed by atoms with van der Waals surface area (Å²) in [6.45, 7) is 1.97. The van der Waals surface area contributed by atoms with Crippen LogP contribution in [0, 0.1) is 11.3 Å². The fourth-order valence-electron chi connectivity index (χ4n) is 3.80. The fourth-order valence-corrected chi connectivity index (χ4v) is 3.80. The highest BCUT2D eigenvalue weighted by molar-refractivity contribution is 6.14. The van der Waals surface area contributed by atoms with E-state index in [1.54, 1.807) is 12.0 Å². The molecule has 4 nitrogen and oxygen atoms in total. The van der Waals surface area contributed by atoms with Gasteiger partial charge in [0.1, 0.15) is 11.7 Å². The van der Waals surface area contributed by atoms with E-state index in [1.807, 2.05) is 49.4 Å². The van der Waals surface area contributed by atoms with Gasteiger partial charge < -0.3 is 4.74 Å². The van der Waals surface area contributed by atoms with Gasteiger partial charge in [-0.3, -0.25) is 9.69 Å². The van der Waals surface area contributed by atoms with Crippen molar-refractivity contribution >= 4 is 11.6 Å². The Hall–Kier alpha value is -2.80. The number of nitriles is 1. The first-order chi connectivity index (χ1) is 10.6. The lowest BCUT2D eigenvalue weighted by molar-refractivity contribution is 0.0982. The maximum Gasteiger partial charge on any atom is 0.259 e. The maximum absolute atomic E-state index is 12.8. The Morgan fingerprint density at radius 1 is 1.27 bits per heavy atom. The van der Waals surface area contributed by atoms with Gasteiger partial charge in [0.2, 0.25) is 0 Å². The van der Waals surface area contributed by atoms with Gasteiger partial charge in [0.15, 0.2) is 0 Å². The summed E-state index contributed by atoms with van der Waals surface area (Å²) >= 11 is 0. The van der Waals surface area contributed by atoms with Gasteiger partial charge >= 0.3 is 0 Å². The van der Waals surface area contributed by atoms with Crippen LogP contribution >= 0.6 is 0 Å². The largest absolute Gasteiger partial charge is 0.497 e. The summed E-state index contributed by atoms with van der Waals surface area (Å²) in [4.78, 5) is 14.6. The van der Waals surface area contributed by atoms with Crippen LogP contribution in [0.2, 0.25) is 0 Å². The molecule has 108 valence electrons. The van der Waals surface area contributed by atoms with Gasteiger partial charge in [-0.25, -0.2) is 0 Å². The number of fused-ring (bicyclic) bond motifs is 5. The van der Waals surface area contributed by atoms with Gasteiger partial charge in [-0.1, -0.05) is 18.2 Å². The topological polar surface area (TPSA) is 53.3 Å². The summed E-state index contributed by atoms with van der Waals surface area (Å²) in [5.74, 6) is 0.247. The second-order valence-corrected chi connectivity index (χ2v) is 5.82. The van der Waals surface area contributed by atoms with Crippen LogP contribution in [0.4, 0.5) is 5.69 Å². The molecule has 0 N–H and O–H groups in total. The zero-order valence-electron chi connectivity index (χ0n) is 12.3. The van der Waals surface area contributed by atoms with E-state index < -0.39 is 11.5 Å². The summed E-state index contributed by atoms with van der Waals surface area (Å²) in [6, 6.07) is 15.5. The van der Waals surface area contributed by atoms with E-state index in [-0.39, 0.29) is 5.91 Å². The quantitative estimate of drug-likeness (QED) is 0.810. The predicted molar refractivity (Wildman–Crippen MR) is 82.0 cm³/mol. The van der Waals surface area contributed by atoms with Crippen LogP contribution in [0.5, 0.6) is 5.75 Å². The number of anilines is 1. The summed E-state index contributed by atoms with van der Waals surface area (Å²) in [5.41, 5.74) is 2.61. The summed E-state index contributed by atoms with van der Waals surface area (Å²) in [5, 5.41) is 9.77. The molecule has 2 atom stereocenters. The molecule has 0 bridgehead atoms. The lowest BCUT2D eigenvalue weighted by atomic mass is 9.79. The van der Waals surface area contributed by atoms with Crippen molar-refractivity contribution < 1.29 is 9.53 Å². The number of carbonyl (C=O) groups excluding carboxylic acids is 1. The predicted octanol–water partition coefficient (Wildman–Crippen LogP) is 3.19. The van der Waals surface area contributed by atoms with Crippen LogP contribution in [0.1, 0.15) is 34.3 Å². The first kappa shape index (κ1) is 12.9. The van der Waals surface area contributed by atoms with Crippen LogP contribution in [-0.4, -0.2) is 13.0 Å². The van der Waals surface area contributed by atoms with E-state index in [4.69, 9.17) is 4.74 Å². The molecule has 4 rings (SSSR count). The van der Waals surface area contributed by atoms with Crippen molar-refractivity contribution in [3.63, 3.8) is 0 Å². The van der Waals surface area contributed by atoms with Crippen LogP contribution < -0.4 is 9.64 Å². The van der Waals surface area contributed by atoms with E-state index in [0.29, 0.717) is 11.3 Å². The van der Waals surface area contributed by atoms with Crippen molar-refractivity contribution in [2.45, 2.75) is 18.4 Å². The number of hydrogen-bond donors (Lipinski definition) is 0. The number of rotatable bonds is 1. The number of benzene rings is 2. The molecule has 2 aliphatic heterocycles. The van der Waals surface area contributed by atoms with E-state index in [1.165, 1.54) is 0 Å². The van der Waals surface area contributed by atoms with E-state index >= 15 is 0 Å². The molecule has 1 amide bonds. The molecule has 0 fully saturated rings. The molecular formula is C18H14N2O2. The number of amides is 1. The summed E-state index contributed by atoms with van der Waals surface area (Å²) < 4.78 is 5.27. The van der Waals surface area contributed by atoms with Crippen molar-refractivity contribution in [2.75, 3.05) is 12.0 Å². The Balaban J connectivity index is 2.02. The van der Waals surface area contributed by atoms with Crippen molar-refractivity contribution in [2.24, 2.45) is 0 Å². The third-order valence-corrected chi connectivity index (χ3v) is 4.85. The molecule has 0 radical (unpaired) electrons. The van der Waals surface area contributed by atoms with Crippen molar-refractivity contribution in [1.82, 2.24) is 0 Å². The number of nitrogens with zero attached hydrogens (tertiary/aromatic N) is 2. The molecule has 22 heavy (non-hydrogen) atoms. The second kappa shape index (κ2) is 4.11. The summed E-state index contributed by atoms with van der Waals surface area (Å²) in [6.07, 6.45) is 0. The fraction of sp³-hybridized carbons (Fsp3) is 0.222. The van der Waals surface area contributed by atoms with E-state index in [0.717, 1.165) is 16.8 Å². The number of carbonyl (C=O) groups is 1. The minimum Gasteiger partial charge on any atom is -0.497 e. The molecule has 2 aromatic carbocycles. The lowest BCUT2D eigenvalue weighted by Gasteiger charge is -2.31. The second-order valence-electron chi connectivity index (χ2n) is 5.82. The molecular weight excluding hydrogens is 276 g/mol. The Morgan fingerprint density at radius 2 is 2.05 bits per heavy atom. The third-order valence-electron chi connectivity index (χ3n) is 4.85. The minimum atomic E-state index is -0.656. The third kappa shape index (κ3) is 1.29. The highest BCUT2D eigenvalue weighted by atomic mass is 16.5. The van der Waals surface area contributed by atoms with Crippen LogP contribution in [0.3, 0.4) is 0 Å². The van der Waals surface area contributed by atoms with Crippen molar-refractivity contribution in [3.05, 3.63) is 59.2 Å². The highest BCUT2D eigenvalue weighted by Crippen LogP contribution is 2.57. The molecule has 2 aromatic rings. The van der Waals surface area contributed by atoms with E-state index in [2.05, 4.69) is 6.07 Å². The molecule has 4 heteroatoms. The van der Waals surface area contributed by atoms with Crippen molar-refractivity contribution in [3.8, 4) is 11.8 Å². The average molecular weight is 290 g/mol. The molecule has 0 saturated carbocycles. The molecule has 2 heterocycles. The molecule has 0 aliphatic carbocycles. The van der Waals surface area contributed by atoms with Gasteiger partial charge in [-0.15, -0.1) is 0 Å². The normalized spacial score (nSPS) is 24.5. The zero-order chi connectivity index (χ0) is 15.5. The smallest absolute Gasteiger partial charge is 0.259 e. The lowest BCUT2D eigenvalue weighted by Crippen LogP contribution is -2.40. The highest BCUT2D eigenvalue weighted by Gasteiger charge is 2.57. The summed E-state index contributed by atoms with van der Waals surface area (Å²) in [7, 11) is 1.60. The first-order valence-electron chi connectivity index (χ1n) is 7.14. The number of ether oxygens (including phenoxy) is 1. The van der Waals surface area contributed by atoms with Crippen LogP contribution in [0.15, 0.2) is 42.5 Å². The first-order valence-corrected chi connectivity index (χ1v) is 7.14. The monoisotopic (exact) mass is 290 g/mol. The SMILES string of the molecule is COc1ccc2c(c1)[C@@H](C#N)[C@@]1(C)c3ccccc3C(=O)N21. The van der Waals surface area contributed by atoms with Crippen LogP contribution in [0.25, 0.3) is 0 Å². The van der Waals surface area contributed by atoms with Crippen LogP contribution in [-0.2, 0) is 5.54 Å². The van der Waals surface area contributed by atoms with Gasteiger partial charge in [0.05, 0.1) is 18.7 Å². The minimum absolute atomic E-state index is 0.0396. The molecule has 0 saturated heterocycles. The number of hydrogen-bond acceptors (Lipinski definition) is 3. The van der Waals surface area contributed by atoms with Crippen molar-refractivity contribution in [1.29, 1.82) is 5.26 Å². The molecule has 0 unspecified atom stereocenters. The Kier molecular flexibility index (Phi) is 2.41. The average Bonchev–Trinajstić information content (AvgIpc) is 2.93. The standard InChI is InChI=1S/C18H14N2O2/c1-18-14-6-4-3-5-12(14)17(21)20(18)16-8-7-11(22-2)9-13(16)15(18)10-19/h3-9,15H,1-2H3/t15-,18-/m1/s1. The van der Waals surface area contributed by atoms with Gasteiger partial charge in [0.25, 0.3) is 5.91 Å².